The topological polar surface area (TPSA) is 29.9 Å². The molecule has 1 N–H and O–H groups in total. The highest BCUT2D eigenvalue weighted by molar-refractivity contribution is 5.76. The van der Waals surface area contributed by atoms with Gasteiger partial charge in [-0.25, -0.2) is 9.37 Å². The molecule has 1 atom stereocenters. The van der Waals surface area contributed by atoms with Gasteiger partial charge in [0.25, 0.3) is 0 Å². The maximum atomic E-state index is 13.7. The smallest absolute Gasteiger partial charge is 0.151 e. The summed E-state index contributed by atoms with van der Waals surface area (Å²) in [7, 11) is 0. The minimum atomic E-state index is -0.220. The van der Waals surface area contributed by atoms with E-state index < -0.39 is 0 Å². The number of benzene rings is 1. The molecule has 0 spiro atoms. The lowest BCUT2D eigenvalue weighted by Crippen LogP contribution is -2.12. The first kappa shape index (κ1) is 10.7. The van der Waals surface area contributed by atoms with Crippen molar-refractivity contribution in [3.8, 4) is 0 Å². The molecule has 2 aromatic rings. The summed E-state index contributed by atoms with van der Waals surface area (Å²) in [5, 5.41) is 3.33. The van der Waals surface area contributed by atoms with E-state index >= 15 is 0 Å². The summed E-state index contributed by atoms with van der Waals surface area (Å²) in [5.41, 5.74) is 1.42. The van der Waals surface area contributed by atoms with Crippen LogP contribution in [0, 0.1) is 5.82 Å². The van der Waals surface area contributed by atoms with Crippen LogP contribution in [0.1, 0.15) is 25.1 Å². The molecule has 1 aromatic heterocycles. The summed E-state index contributed by atoms with van der Waals surface area (Å²) in [6.07, 6.45) is 1.09. The Morgan fingerprint density at radius 3 is 3.12 bits per heavy atom. The Kier molecular flexibility index (Phi) is 2.59. The second-order valence-electron chi connectivity index (χ2n) is 4.51. The van der Waals surface area contributed by atoms with Gasteiger partial charge in [-0.1, -0.05) is 6.07 Å². The van der Waals surface area contributed by atoms with Gasteiger partial charge in [0.2, 0.25) is 0 Å². The molecule has 1 aromatic carbocycles. The zero-order chi connectivity index (χ0) is 11.8. The number of aryl methyl sites for hydroxylation is 1. The number of para-hydroxylation sites is 1. The van der Waals surface area contributed by atoms with Gasteiger partial charge in [-0.3, -0.25) is 0 Å². The Labute approximate surface area is 99.7 Å². The third-order valence-electron chi connectivity index (χ3n) is 3.50. The number of imidazole rings is 1. The number of nitrogens with zero attached hydrogens (tertiary/aromatic N) is 2. The first-order valence-corrected chi connectivity index (χ1v) is 6.16. The van der Waals surface area contributed by atoms with E-state index in [9.17, 15) is 4.39 Å². The predicted octanol–water partition coefficient (Wildman–Crippen LogP) is 2.27. The van der Waals surface area contributed by atoms with E-state index in [1.165, 1.54) is 6.07 Å². The van der Waals surface area contributed by atoms with Crippen LogP contribution in [0.25, 0.3) is 11.0 Å². The first-order chi connectivity index (χ1) is 8.31. The molecule has 1 unspecified atom stereocenters. The van der Waals surface area contributed by atoms with Crippen molar-refractivity contribution in [1.29, 1.82) is 0 Å². The molecular weight excluding hydrogens is 217 g/mol. The van der Waals surface area contributed by atoms with Crippen molar-refractivity contribution in [2.75, 3.05) is 13.1 Å². The summed E-state index contributed by atoms with van der Waals surface area (Å²) in [6.45, 7) is 4.90. The zero-order valence-corrected chi connectivity index (χ0v) is 9.91. The average molecular weight is 233 g/mol. The number of hydrogen-bond donors (Lipinski definition) is 1. The van der Waals surface area contributed by atoms with Crippen LogP contribution >= 0.6 is 0 Å². The normalized spacial score (nSPS) is 20.2. The second kappa shape index (κ2) is 4.11. The Balaban J connectivity index is 2.20. The highest BCUT2D eigenvalue weighted by Gasteiger charge is 2.23. The van der Waals surface area contributed by atoms with Gasteiger partial charge in [-0.05, 0) is 32.0 Å². The molecule has 90 valence electrons. The largest absolute Gasteiger partial charge is 0.328 e. The van der Waals surface area contributed by atoms with Crippen LogP contribution in [0.15, 0.2) is 18.2 Å². The molecule has 1 aliphatic rings. The molecular formula is C13H16FN3. The van der Waals surface area contributed by atoms with Gasteiger partial charge in [0, 0.05) is 19.0 Å². The van der Waals surface area contributed by atoms with Crippen LogP contribution in [0.4, 0.5) is 4.39 Å². The Morgan fingerprint density at radius 1 is 1.53 bits per heavy atom. The van der Waals surface area contributed by atoms with Crippen LogP contribution in [0.5, 0.6) is 0 Å². The lowest BCUT2D eigenvalue weighted by molar-refractivity contribution is 0.627. The highest BCUT2D eigenvalue weighted by atomic mass is 19.1. The molecule has 0 aliphatic carbocycles. The maximum absolute atomic E-state index is 13.7. The average Bonchev–Trinajstić information content (AvgIpc) is 2.95. The molecule has 1 aliphatic heterocycles. The molecule has 4 heteroatoms. The highest BCUT2D eigenvalue weighted by Crippen LogP contribution is 2.27. The van der Waals surface area contributed by atoms with Crippen molar-refractivity contribution in [2.45, 2.75) is 25.8 Å². The fourth-order valence-corrected chi connectivity index (χ4v) is 2.65. The van der Waals surface area contributed by atoms with E-state index in [1.54, 1.807) is 6.07 Å². The Hall–Kier alpha value is -1.42. The maximum Gasteiger partial charge on any atom is 0.151 e. The van der Waals surface area contributed by atoms with Crippen LogP contribution in [-0.2, 0) is 6.54 Å². The predicted molar refractivity (Wildman–Crippen MR) is 65.6 cm³/mol. The number of hydrogen-bond acceptors (Lipinski definition) is 2. The van der Waals surface area contributed by atoms with Crippen LogP contribution in [0.2, 0.25) is 0 Å². The fourth-order valence-electron chi connectivity index (χ4n) is 2.65. The van der Waals surface area contributed by atoms with Gasteiger partial charge in [-0.2, -0.15) is 0 Å². The summed E-state index contributed by atoms with van der Waals surface area (Å²) in [4.78, 5) is 4.51. The van der Waals surface area contributed by atoms with Gasteiger partial charge >= 0.3 is 0 Å². The van der Waals surface area contributed by atoms with Crippen LogP contribution in [-0.4, -0.2) is 22.6 Å². The quantitative estimate of drug-likeness (QED) is 0.862. The number of aromatic nitrogens is 2. The minimum Gasteiger partial charge on any atom is -0.328 e. The zero-order valence-electron chi connectivity index (χ0n) is 9.91. The first-order valence-electron chi connectivity index (χ1n) is 6.16. The number of fused-ring (bicyclic) bond motifs is 1. The van der Waals surface area contributed by atoms with E-state index in [-0.39, 0.29) is 5.82 Å². The number of nitrogens with one attached hydrogen (secondary N) is 1. The number of halogens is 1. The van der Waals surface area contributed by atoms with Gasteiger partial charge < -0.3 is 9.88 Å². The van der Waals surface area contributed by atoms with Crippen molar-refractivity contribution >= 4 is 11.0 Å². The van der Waals surface area contributed by atoms with E-state index in [2.05, 4.69) is 21.8 Å². The molecule has 2 heterocycles. The van der Waals surface area contributed by atoms with Crippen molar-refractivity contribution in [3.63, 3.8) is 0 Å². The van der Waals surface area contributed by atoms with E-state index in [0.717, 1.165) is 37.4 Å². The van der Waals surface area contributed by atoms with Gasteiger partial charge in [0.15, 0.2) is 5.82 Å². The molecule has 17 heavy (non-hydrogen) atoms. The summed E-state index contributed by atoms with van der Waals surface area (Å²) >= 11 is 0. The third kappa shape index (κ3) is 1.63. The van der Waals surface area contributed by atoms with E-state index in [0.29, 0.717) is 11.4 Å². The van der Waals surface area contributed by atoms with Crippen molar-refractivity contribution < 1.29 is 4.39 Å². The number of rotatable bonds is 2. The van der Waals surface area contributed by atoms with Gasteiger partial charge in [0.05, 0.1) is 5.52 Å². The second-order valence-corrected chi connectivity index (χ2v) is 4.51. The van der Waals surface area contributed by atoms with Crippen LogP contribution in [0.3, 0.4) is 0 Å². The van der Waals surface area contributed by atoms with Gasteiger partial charge in [0.1, 0.15) is 11.3 Å². The standard InChI is InChI=1S/C13H16FN3/c1-2-17-11-5-3-4-10(14)12(11)16-13(17)9-6-7-15-8-9/h3-5,9,15H,2,6-8H2,1H3. The molecule has 0 radical (unpaired) electrons. The SMILES string of the molecule is CCn1c(C2CCNC2)nc2c(F)cccc21. The van der Waals surface area contributed by atoms with Crippen LogP contribution < -0.4 is 5.32 Å². The summed E-state index contributed by atoms with van der Waals surface area (Å²) in [6, 6.07) is 5.18. The monoisotopic (exact) mass is 233 g/mol. The molecule has 3 nitrogen and oxygen atoms in total. The molecule has 0 amide bonds. The van der Waals surface area contributed by atoms with Crippen molar-refractivity contribution in [2.24, 2.45) is 0 Å². The lowest BCUT2D eigenvalue weighted by Gasteiger charge is -2.10. The third-order valence-corrected chi connectivity index (χ3v) is 3.50. The van der Waals surface area contributed by atoms with Crippen molar-refractivity contribution in [1.82, 2.24) is 14.9 Å². The lowest BCUT2D eigenvalue weighted by atomic mass is 10.1. The summed E-state index contributed by atoms with van der Waals surface area (Å²) < 4.78 is 15.8. The van der Waals surface area contributed by atoms with E-state index in [4.69, 9.17) is 0 Å². The van der Waals surface area contributed by atoms with Crippen molar-refractivity contribution in [3.05, 3.63) is 29.8 Å². The fraction of sp³-hybridized carbons (Fsp3) is 0.462. The summed E-state index contributed by atoms with van der Waals surface area (Å²) in [5.74, 6) is 1.22. The molecule has 3 rings (SSSR count). The molecule has 0 saturated carbocycles. The Morgan fingerprint density at radius 2 is 2.41 bits per heavy atom. The molecule has 1 saturated heterocycles. The molecule has 0 bridgehead atoms. The van der Waals surface area contributed by atoms with E-state index in [1.807, 2.05) is 6.07 Å². The minimum absolute atomic E-state index is 0.220. The molecule has 1 fully saturated rings. The van der Waals surface area contributed by atoms with Gasteiger partial charge in [-0.15, -0.1) is 0 Å². The Bertz CT molecular complexity index is 541.